The number of methoxy groups -OCH3 is 1. The first-order valence-corrected chi connectivity index (χ1v) is 10.0. The van der Waals surface area contributed by atoms with E-state index in [-0.39, 0.29) is 18.2 Å². The Morgan fingerprint density at radius 2 is 1.79 bits per heavy atom. The number of nitrogens with zero attached hydrogens (tertiary/aromatic N) is 2. The summed E-state index contributed by atoms with van der Waals surface area (Å²) in [5.41, 5.74) is 3.50. The van der Waals surface area contributed by atoms with Crippen molar-refractivity contribution in [1.82, 2.24) is 10.2 Å². The summed E-state index contributed by atoms with van der Waals surface area (Å²) in [6.07, 6.45) is 0.606. The van der Waals surface area contributed by atoms with E-state index in [1.807, 2.05) is 24.3 Å². The van der Waals surface area contributed by atoms with Gasteiger partial charge in [-0.3, -0.25) is 9.59 Å². The molecule has 1 fully saturated rings. The summed E-state index contributed by atoms with van der Waals surface area (Å²) in [5, 5.41) is 2.84. The van der Waals surface area contributed by atoms with Crippen LogP contribution in [0.4, 0.5) is 5.69 Å². The Hall–Kier alpha value is -3.02. The first-order valence-electron chi connectivity index (χ1n) is 10.0. The summed E-state index contributed by atoms with van der Waals surface area (Å²) in [5.74, 6) is 0.473. The van der Waals surface area contributed by atoms with Gasteiger partial charge in [-0.05, 0) is 48.7 Å². The van der Waals surface area contributed by atoms with E-state index < -0.39 is 0 Å². The van der Waals surface area contributed by atoms with E-state index in [1.165, 1.54) is 11.3 Å². The lowest BCUT2D eigenvalue weighted by Crippen LogP contribution is -2.49. The highest BCUT2D eigenvalue weighted by Gasteiger charge is 2.22. The van der Waals surface area contributed by atoms with Crippen molar-refractivity contribution >= 4 is 17.5 Å². The number of amides is 2. The van der Waals surface area contributed by atoms with Crippen LogP contribution in [0.2, 0.25) is 0 Å². The fraction of sp³-hybridized carbons (Fsp3) is 0.391. The van der Waals surface area contributed by atoms with Gasteiger partial charge in [0.15, 0.2) is 0 Å². The molecule has 6 heteroatoms. The molecule has 0 bridgehead atoms. The van der Waals surface area contributed by atoms with Crippen LogP contribution in [-0.2, 0) is 16.0 Å². The number of anilines is 1. The molecule has 0 atom stereocenters. The van der Waals surface area contributed by atoms with Gasteiger partial charge in [-0.1, -0.05) is 24.3 Å². The van der Waals surface area contributed by atoms with Crippen molar-refractivity contribution in [2.45, 2.75) is 19.8 Å². The van der Waals surface area contributed by atoms with Crippen LogP contribution in [0.15, 0.2) is 48.5 Å². The molecule has 0 aliphatic carbocycles. The lowest BCUT2D eigenvalue weighted by atomic mass is 10.1. The minimum atomic E-state index is -0.223. The van der Waals surface area contributed by atoms with Crippen molar-refractivity contribution in [3.8, 4) is 5.75 Å². The van der Waals surface area contributed by atoms with E-state index in [1.54, 1.807) is 12.0 Å². The smallest absolute Gasteiger partial charge is 0.232 e. The number of nitrogens with one attached hydrogen (secondary N) is 1. The van der Waals surface area contributed by atoms with Gasteiger partial charge >= 0.3 is 0 Å². The van der Waals surface area contributed by atoms with Crippen molar-refractivity contribution in [3.63, 3.8) is 0 Å². The minimum Gasteiger partial charge on any atom is -0.497 e. The summed E-state index contributed by atoms with van der Waals surface area (Å²) < 4.78 is 5.20. The van der Waals surface area contributed by atoms with Gasteiger partial charge in [-0.25, -0.2) is 0 Å². The van der Waals surface area contributed by atoms with Gasteiger partial charge in [0.2, 0.25) is 11.8 Å². The van der Waals surface area contributed by atoms with E-state index in [0.29, 0.717) is 26.1 Å². The maximum atomic E-state index is 12.5. The zero-order chi connectivity index (χ0) is 20.6. The van der Waals surface area contributed by atoms with Crippen LogP contribution < -0.4 is 15.0 Å². The molecular formula is C23H29N3O3. The third-order valence-corrected chi connectivity index (χ3v) is 5.18. The Balaban J connectivity index is 1.39. The topological polar surface area (TPSA) is 61.9 Å². The molecule has 1 N–H and O–H groups in total. The third kappa shape index (κ3) is 5.98. The quantitative estimate of drug-likeness (QED) is 0.732. The van der Waals surface area contributed by atoms with Crippen LogP contribution in [0.1, 0.15) is 17.5 Å². The molecule has 1 heterocycles. The molecule has 0 spiro atoms. The number of piperazine rings is 1. The molecule has 2 amide bonds. The lowest BCUT2D eigenvalue weighted by Gasteiger charge is -2.36. The van der Waals surface area contributed by atoms with Crippen LogP contribution in [0.5, 0.6) is 5.75 Å². The molecule has 0 radical (unpaired) electrons. The maximum Gasteiger partial charge on any atom is 0.232 e. The molecule has 1 saturated heterocycles. The first kappa shape index (κ1) is 20.7. The van der Waals surface area contributed by atoms with Crippen molar-refractivity contribution in [2.24, 2.45) is 0 Å². The second-order valence-corrected chi connectivity index (χ2v) is 7.34. The predicted molar refractivity (Wildman–Crippen MR) is 114 cm³/mol. The van der Waals surface area contributed by atoms with Gasteiger partial charge in [0.05, 0.1) is 7.11 Å². The SMILES string of the molecule is COc1cccc(CCNC(=O)CC(=O)N2CCN(c3cccc(C)c3)CC2)c1. The number of hydrogen-bond donors (Lipinski definition) is 1. The Labute approximate surface area is 172 Å². The molecule has 2 aromatic carbocycles. The van der Waals surface area contributed by atoms with Gasteiger partial charge in [0.25, 0.3) is 0 Å². The normalized spacial score (nSPS) is 13.9. The Morgan fingerprint density at radius 3 is 2.52 bits per heavy atom. The molecule has 2 aromatic rings. The number of benzene rings is 2. The molecule has 0 saturated carbocycles. The average Bonchev–Trinajstić information content (AvgIpc) is 2.74. The summed E-state index contributed by atoms with van der Waals surface area (Å²) in [4.78, 5) is 28.7. The highest BCUT2D eigenvalue weighted by atomic mass is 16.5. The molecule has 0 unspecified atom stereocenters. The maximum absolute atomic E-state index is 12.5. The number of carbonyl (C=O) groups is 2. The largest absolute Gasteiger partial charge is 0.497 e. The lowest BCUT2D eigenvalue weighted by molar-refractivity contribution is -0.136. The second-order valence-electron chi connectivity index (χ2n) is 7.34. The molecule has 1 aliphatic rings. The number of aryl methyl sites for hydroxylation is 1. The van der Waals surface area contributed by atoms with Crippen LogP contribution in [0.3, 0.4) is 0 Å². The standard InChI is InChI=1S/C23H29N3O3/c1-18-5-3-7-20(15-18)25-11-13-26(14-12-25)23(28)17-22(27)24-10-9-19-6-4-8-21(16-19)29-2/h3-8,15-16H,9-14,17H2,1-2H3,(H,24,27). The highest BCUT2D eigenvalue weighted by Crippen LogP contribution is 2.18. The second kappa shape index (κ2) is 9.96. The average molecular weight is 396 g/mol. The summed E-state index contributed by atoms with van der Waals surface area (Å²) in [7, 11) is 1.63. The van der Waals surface area contributed by atoms with Gasteiger partial charge in [-0.2, -0.15) is 0 Å². The highest BCUT2D eigenvalue weighted by molar-refractivity contribution is 5.97. The van der Waals surface area contributed by atoms with E-state index in [4.69, 9.17) is 4.74 Å². The third-order valence-electron chi connectivity index (χ3n) is 5.18. The van der Waals surface area contributed by atoms with E-state index in [9.17, 15) is 9.59 Å². The molecule has 0 aromatic heterocycles. The fourth-order valence-corrected chi connectivity index (χ4v) is 3.52. The summed E-state index contributed by atoms with van der Waals surface area (Å²) in [6.45, 7) is 5.43. The number of ether oxygens (including phenoxy) is 1. The van der Waals surface area contributed by atoms with E-state index >= 15 is 0 Å². The number of carbonyl (C=O) groups excluding carboxylic acids is 2. The van der Waals surface area contributed by atoms with Gasteiger partial charge < -0.3 is 19.9 Å². The van der Waals surface area contributed by atoms with E-state index in [2.05, 4.69) is 41.4 Å². The van der Waals surface area contributed by atoms with Gasteiger partial charge in [-0.15, -0.1) is 0 Å². The Morgan fingerprint density at radius 1 is 1.03 bits per heavy atom. The van der Waals surface area contributed by atoms with Crippen molar-refractivity contribution in [1.29, 1.82) is 0 Å². The predicted octanol–water partition coefficient (Wildman–Crippen LogP) is 2.40. The van der Waals surface area contributed by atoms with Crippen molar-refractivity contribution in [2.75, 3.05) is 44.7 Å². The van der Waals surface area contributed by atoms with Crippen molar-refractivity contribution in [3.05, 3.63) is 59.7 Å². The molecule has 29 heavy (non-hydrogen) atoms. The first-order chi connectivity index (χ1) is 14.0. The summed E-state index contributed by atoms with van der Waals surface area (Å²) in [6, 6.07) is 16.1. The van der Waals surface area contributed by atoms with Gasteiger partial charge in [0, 0.05) is 38.4 Å². The fourth-order valence-electron chi connectivity index (χ4n) is 3.52. The Bertz CT molecular complexity index is 845. The van der Waals surface area contributed by atoms with Crippen LogP contribution in [0, 0.1) is 6.92 Å². The Kier molecular flexibility index (Phi) is 7.11. The molecule has 6 nitrogen and oxygen atoms in total. The number of rotatable bonds is 7. The molecule has 1 aliphatic heterocycles. The monoisotopic (exact) mass is 395 g/mol. The molecule has 154 valence electrons. The van der Waals surface area contributed by atoms with Gasteiger partial charge in [0.1, 0.15) is 12.2 Å². The summed E-state index contributed by atoms with van der Waals surface area (Å²) >= 11 is 0. The van der Waals surface area contributed by atoms with Crippen LogP contribution in [-0.4, -0.2) is 56.5 Å². The van der Waals surface area contributed by atoms with Crippen LogP contribution in [0.25, 0.3) is 0 Å². The zero-order valence-corrected chi connectivity index (χ0v) is 17.2. The van der Waals surface area contributed by atoms with E-state index in [0.717, 1.165) is 24.4 Å². The number of hydrogen-bond acceptors (Lipinski definition) is 4. The minimum absolute atomic E-state index is 0.0947. The van der Waals surface area contributed by atoms with Crippen molar-refractivity contribution < 1.29 is 14.3 Å². The molecule has 3 rings (SSSR count). The van der Waals surface area contributed by atoms with Crippen LogP contribution >= 0.6 is 0 Å². The zero-order valence-electron chi connectivity index (χ0n) is 17.2. The molecular weight excluding hydrogens is 366 g/mol.